The van der Waals surface area contributed by atoms with Gasteiger partial charge in [-0.05, 0) is 58.2 Å². The number of benzene rings is 1. The summed E-state index contributed by atoms with van der Waals surface area (Å²) in [5.41, 5.74) is 2.04. The van der Waals surface area contributed by atoms with Gasteiger partial charge in [-0.1, -0.05) is 24.6 Å². The molecule has 1 aromatic heterocycles. The highest BCUT2D eigenvalue weighted by Crippen LogP contribution is 2.26. The quantitative estimate of drug-likeness (QED) is 0.850. The highest BCUT2D eigenvalue weighted by molar-refractivity contribution is 9.10. The maximum absolute atomic E-state index is 13.3. The molecule has 2 nitrogen and oxygen atoms in total. The van der Waals surface area contributed by atoms with Crippen LogP contribution in [0.1, 0.15) is 24.1 Å². The molecule has 1 unspecified atom stereocenters. The molecule has 1 aromatic carbocycles. The zero-order valence-electron chi connectivity index (χ0n) is 11.0. The Morgan fingerprint density at radius 3 is 2.85 bits per heavy atom. The van der Waals surface area contributed by atoms with Crippen molar-refractivity contribution >= 4 is 27.5 Å². The normalized spacial score (nSPS) is 12.4. The Hall–Kier alpha value is -0.970. The van der Waals surface area contributed by atoms with Crippen LogP contribution in [0.4, 0.5) is 4.39 Å². The van der Waals surface area contributed by atoms with Crippen LogP contribution in [0.15, 0.2) is 41.1 Å². The molecule has 2 rings (SSSR count). The van der Waals surface area contributed by atoms with Crippen molar-refractivity contribution in [3.8, 4) is 0 Å². The van der Waals surface area contributed by atoms with Crippen LogP contribution in [-0.2, 0) is 6.42 Å². The van der Waals surface area contributed by atoms with Gasteiger partial charge in [0.15, 0.2) is 0 Å². The molecule has 2 aromatic rings. The van der Waals surface area contributed by atoms with Gasteiger partial charge in [0.2, 0.25) is 0 Å². The molecule has 1 atom stereocenters. The standard InChI is InChI=1S/C15H15BrClFN2/c1-2-20-15(11-5-6-19-9-13(11)17)8-10-3-4-14(18)12(16)7-10/h3-7,9,15,20H,2,8H2,1H3. The number of rotatable bonds is 5. The topological polar surface area (TPSA) is 24.9 Å². The van der Waals surface area contributed by atoms with E-state index < -0.39 is 0 Å². The smallest absolute Gasteiger partial charge is 0.137 e. The van der Waals surface area contributed by atoms with Gasteiger partial charge >= 0.3 is 0 Å². The fourth-order valence-electron chi connectivity index (χ4n) is 2.11. The van der Waals surface area contributed by atoms with Crippen molar-refractivity contribution in [1.82, 2.24) is 10.3 Å². The third-order valence-corrected chi connectivity index (χ3v) is 3.98. The lowest BCUT2D eigenvalue weighted by Crippen LogP contribution is -2.23. The van der Waals surface area contributed by atoms with E-state index in [1.165, 1.54) is 6.07 Å². The predicted octanol–water partition coefficient (Wildman–Crippen LogP) is 4.53. The Morgan fingerprint density at radius 2 is 2.20 bits per heavy atom. The number of halogens is 3. The van der Waals surface area contributed by atoms with Crippen molar-refractivity contribution < 1.29 is 4.39 Å². The zero-order valence-corrected chi connectivity index (χ0v) is 13.4. The van der Waals surface area contributed by atoms with Crippen molar-refractivity contribution in [1.29, 1.82) is 0 Å². The molecule has 0 saturated carbocycles. The van der Waals surface area contributed by atoms with E-state index in [2.05, 4.69) is 26.2 Å². The van der Waals surface area contributed by atoms with Crippen LogP contribution in [0.25, 0.3) is 0 Å². The molecule has 0 bridgehead atoms. The van der Waals surface area contributed by atoms with Crippen LogP contribution >= 0.6 is 27.5 Å². The zero-order chi connectivity index (χ0) is 14.5. The van der Waals surface area contributed by atoms with E-state index >= 15 is 0 Å². The number of nitrogens with zero attached hydrogens (tertiary/aromatic N) is 1. The van der Waals surface area contributed by atoms with Gasteiger partial charge in [0.25, 0.3) is 0 Å². The average Bonchev–Trinajstić information content (AvgIpc) is 2.43. The molecule has 0 fully saturated rings. The van der Waals surface area contributed by atoms with Gasteiger partial charge in [0, 0.05) is 18.4 Å². The number of hydrogen-bond acceptors (Lipinski definition) is 2. The summed E-state index contributed by atoms with van der Waals surface area (Å²) in [7, 11) is 0. The lowest BCUT2D eigenvalue weighted by atomic mass is 9.99. The van der Waals surface area contributed by atoms with Gasteiger partial charge in [-0.2, -0.15) is 0 Å². The minimum absolute atomic E-state index is 0.0767. The number of aromatic nitrogens is 1. The Morgan fingerprint density at radius 1 is 1.40 bits per heavy atom. The monoisotopic (exact) mass is 356 g/mol. The van der Waals surface area contributed by atoms with Crippen molar-refractivity contribution in [3.05, 3.63) is 63.1 Å². The van der Waals surface area contributed by atoms with Gasteiger partial charge < -0.3 is 5.32 Å². The molecule has 0 aliphatic rings. The molecule has 1 heterocycles. The van der Waals surface area contributed by atoms with E-state index in [9.17, 15) is 4.39 Å². The first-order chi connectivity index (χ1) is 9.61. The van der Waals surface area contributed by atoms with E-state index in [4.69, 9.17) is 11.6 Å². The summed E-state index contributed by atoms with van der Waals surface area (Å²) >= 11 is 9.42. The minimum atomic E-state index is -0.254. The second kappa shape index (κ2) is 7.16. The van der Waals surface area contributed by atoms with E-state index in [1.807, 2.05) is 13.0 Å². The van der Waals surface area contributed by atoms with E-state index in [-0.39, 0.29) is 11.9 Å². The first kappa shape index (κ1) is 15.4. The summed E-state index contributed by atoms with van der Waals surface area (Å²) in [6, 6.07) is 7.05. The lowest BCUT2D eigenvalue weighted by molar-refractivity contribution is 0.548. The molecule has 0 spiro atoms. The van der Waals surface area contributed by atoms with Crippen LogP contribution in [0, 0.1) is 5.82 Å². The highest BCUT2D eigenvalue weighted by Gasteiger charge is 2.15. The van der Waals surface area contributed by atoms with E-state index in [1.54, 1.807) is 24.5 Å². The maximum Gasteiger partial charge on any atom is 0.137 e. The fraction of sp³-hybridized carbons (Fsp3) is 0.267. The molecular weight excluding hydrogens is 343 g/mol. The van der Waals surface area contributed by atoms with Crippen LogP contribution in [-0.4, -0.2) is 11.5 Å². The Kier molecular flexibility index (Phi) is 5.52. The third kappa shape index (κ3) is 3.78. The number of hydrogen-bond donors (Lipinski definition) is 1. The molecule has 106 valence electrons. The first-order valence-corrected chi connectivity index (χ1v) is 7.55. The van der Waals surface area contributed by atoms with Crippen LogP contribution in [0.2, 0.25) is 5.02 Å². The molecule has 0 aliphatic carbocycles. The molecule has 0 amide bonds. The summed E-state index contributed by atoms with van der Waals surface area (Å²) < 4.78 is 13.8. The first-order valence-electron chi connectivity index (χ1n) is 6.38. The van der Waals surface area contributed by atoms with E-state index in [0.717, 1.165) is 24.1 Å². The number of nitrogens with one attached hydrogen (secondary N) is 1. The minimum Gasteiger partial charge on any atom is -0.310 e. The molecule has 20 heavy (non-hydrogen) atoms. The molecular formula is C15H15BrClFN2. The predicted molar refractivity (Wildman–Crippen MR) is 83.5 cm³/mol. The molecule has 0 aliphatic heterocycles. The summed E-state index contributed by atoms with van der Waals surface area (Å²) in [5.74, 6) is -0.254. The summed E-state index contributed by atoms with van der Waals surface area (Å²) in [6.07, 6.45) is 4.10. The van der Waals surface area contributed by atoms with Crippen LogP contribution < -0.4 is 5.32 Å². The Bertz CT molecular complexity index is 592. The van der Waals surface area contributed by atoms with E-state index in [0.29, 0.717) is 9.50 Å². The molecule has 1 N–H and O–H groups in total. The second-order valence-electron chi connectivity index (χ2n) is 4.46. The van der Waals surface area contributed by atoms with Gasteiger partial charge in [0.05, 0.1) is 9.50 Å². The Labute approximate surface area is 131 Å². The van der Waals surface area contributed by atoms with Crippen molar-refractivity contribution in [2.45, 2.75) is 19.4 Å². The fourth-order valence-corrected chi connectivity index (χ4v) is 2.79. The van der Waals surface area contributed by atoms with Gasteiger partial charge in [-0.15, -0.1) is 0 Å². The molecule has 0 radical (unpaired) electrons. The van der Waals surface area contributed by atoms with Crippen molar-refractivity contribution in [3.63, 3.8) is 0 Å². The SMILES string of the molecule is CCNC(Cc1ccc(F)c(Br)c1)c1ccncc1Cl. The maximum atomic E-state index is 13.3. The Balaban J connectivity index is 2.25. The number of pyridine rings is 1. The molecule has 0 saturated heterocycles. The summed E-state index contributed by atoms with van der Waals surface area (Å²) in [6.45, 7) is 2.87. The summed E-state index contributed by atoms with van der Waals surface area (Å²) in [5, 5.41) is 4.04. The van der Waals surface area contributed by atoms with Gasteiger partial charge in [0.1, 0.15) is 5.82 Å². The van der Waals surface area contributed by atoms with Gasteiger partial charge in [-0.3, -0.25) is 4.98 Å². The highest BCUT2D eigenvalue weighted by atomic mass is 79.9. The van der Waals surface area contributed by atoms with Crippen LogP contribution in [0.3, 0.4) is 0 Å². The van der Waals surface area contributed by atoms with Crippen LogP contribution in [0.5, 0.6) is 0 Å². The summed E-state index contributed by atoms with van der Waals surface area (Å²) in [4.78, 5) is 4.00. The van der Waals surface area contributed by atoms with Gasteiger partial charge in [-0.25, -0.2) is 4.39 Å². The third-order valence-electron chi connectivity index (χ3n) is 3.05. The average molecular weight is 358 g/mol. The number of likely N-dealkylation sites (N-methyl/N-ethyl adjacent to an activating group) is 1. The van der Waals surface area contributed by atoms with Crippen molar-refractivity contribution in [2.24, 2.45) is 0 Å². The second-order valence-corrected chi connectivity index (χ2v) is 5.72. The van der Waals surface area contributed by atoms with Crippen molar-refractivity contribution in [2.75, 3.05) is 6.54 Å². The largest absolute Gasteiger partial charge is 0.310 e. The lowest BCUT2D eigenvalue weighted by Gasteiger charge is -2.19. The molecule has 5 heteroatoms.